The number of aliphatic hydroxyl groups excluding tert-OH is 2. The van der Waals surface area contributed by atoms with Crippen LogP contribution in [0.1, 0.15) is 89.5 Å². The van der Waals surface area contributed by atoms with Crippen molar-refractivity contribution >= 4 is 22.0 Å². The van der Waals surface area contributed by atoms with E-state index in [0.717, 1.165) is 35.1 Å². The lowest BCUT2D eigenvalue weighted by Crippen LogP contribution is -2.11. The summed E-state index contributed by atoms with van der Waals surface area (Å²) in [5, 5.41) is 21.1. The van der Waals surface area contributed by atoms with E-state index in [9.17, 15) is 18.6 Å². The first kappa shape index (κ1) is 31.0. The fourth-order valence-electron chi connectivity index (χ4n) is 4.40. The molecule has 0 spiro atoms. The molecule has 0 radical (unpaired) electrons. The van der Waals surface area contributed by atoms with Gasteiger partial charge in [-0.25, -0.2) is 8.42 Å². The van der Waals surface area contributed by atoms with E-state index in [2.05, 4.69) is 27.7 Å². The van der Waals surface area contributed by atoms with Crippen LogP contribution >= 0.6 is 0 Å². The monoisotopic (exact) mass is 526 g/mol. The number of hydrogen-bond donors (Lipinski definition) is 2. The summed E-state index contributed by atoms with van der Waals surface area (Å²) in [7, 11) is -3.78. The Morgan fingerprint density at radius 2 is 1.05 bits per heavy atom. The van der Waals surface area contributed by atoms with Crippen molar-refractivity contribution in [3.63, 3.8) is 0 Å². The highest BCUT2D eigenvalue weighted by atomic mass is 32.2. The number of rotatable bonds is 12. The largest absolute Gasteiger partial charge is 0.389 e. The molecule has 2 aromatic rings. The number of aliphatic hydroxyl groups is 2. The van der Waals surface area contributed by atoms with Gasteiger partial charge in [-0.05, 0) is 111 Å². The third-order valence-corrected chi connectivity index (χ3v) is 9.13. The Bertz CT molecular complexity index is 1130. The fraction of sp³-hybridized carbons (Fsp3) is 0.500. The van der Waals surface area contributed by atoms with Crippen molar-refractivity contribution in [1.82, 2.24) is 0 Å². The summed E-state index contributed by atoms with van der Waals surface area (Å²) in [6, 6.07) is 10.6. The minimum Gasteiger partial charge on any atom is -0.389 e. The third-order valence-electron chi connectivity index (χ3n) is 7.08. The van der Waals surface area contributed by atoms with E-state index in [1.165, 1.54) is 0 Å². The summed E-state index contributed by atoms with van der Waals surface area (Å²) in [6.07, 6.45) is 5.92. The van der Waals surface area contributed by atoms with Crippen molar-refractivity contribution in [3.8, 4) is 0 Å². The van der Waals surface area contributed by atoms with Crippen LogP contribution in [0, 0.1) is 25.7 Å². The molecule has 2 unspecified atom stereocenters. The zero-order chi connectivity index (χ0) is 27.9. The molecule has 0 aromatic heterocycles. The summed E-state index contributed by atoms with van der Waals surface area (Å²) in [4.78, 5) is 0.535. The summed E-state index contributed by atoms with van der Waals surface area (Å²) < 4.78 is 27.7. The lowest BCUT2D eigenvalue weighted by molar-refractivity contribution is 0.192. The molecule has 0 fully saturated rings. The zero-order valence-electron chi connectivity index (χ0n) is 23.9. The summed E-state index contributed by atoms with van der Waals surface area (Å²) in [6.45, 7) is 16.0. The van der Waals surface area contributed by atoms with Crippen molar-refractivity contribution in [2.45, 2.75) is 103 Å². The Morgan fingerprint density at radius 3 is 1.38 bits per heavy atom. The van der Waals surface area contributed by atoms with Crippen LogP contribution in [0.5, 0.6) is 0 Å². The summed E-state index contributed by atoms with van der Waals surface area (Å²) in [5.74, 6) is 1.03. The second-order valence-corrected chi connectivity index (χ2v) is 13.1. The van der Waals surface area contributed by atoms with Crippen LogP contribution in [0.15, 0.2) is 57.3 Å². The van der Waals surface area contributed by atoms with Crippen molar-refractivity contribution in [3.05, 3.63) is 69.8 Å². The van der Waals surface area contributed by atoms with E-state index in [1.807, 2.05) is 52.0 Å². The van der Waals surface area contributed by atoms with E-state index in [-0.39, 0.29) is 9.79 Å². The Morgan fingerprint density at radius 1 is 0.703 bits per heavy atom. The molecule has 0 amide bonds. The van der Waals surface area contributed by atoms with Crippen molar-refractivity contribution in [2.24, 2.45) is 11.8 Å². The summed E-state index contributed by atoms with van der Waals surface area (Å²) >= 11 is 0. The predicted molar refractivity (Wildman–Crippen MR) is 155 cm³/mol. The van der Waals surface area contributed by atoms with Crippen molar-refractivity contribution in [1.29, 1.82) is 0 Å². The van der Waals surface area contributed by atoms with E-state index in [0.29, 0.717) is 35.8 Å². The number of benzene rings is 2. The molecule has 5 heteroatoms. The Kier molecular flexibility index (Phi) is 11.4. The molecule has 2 N–H and O–H groups in total. The minimum absolute atomic E-state index is 0.267. The molecule has 0 heterocycles. The van der Waals surface area contributed by atoms with Gasteiger partial charge in [0.1, 0.15) is 0 Å². The van der Waals surface area contributed by atoms with E-state index >= 15 is 0 Å². The molecular formula is C32H46O4S. The normalized spacial score (nSPS) is 14.9. The summed E-state index contributed by atoms with van der Waals surface area (Å²) in [5.41, 5.74) is 4.57. The SMILES string of the molecule is CC(=Cc1cccc(S(=O)(=O)c2cccc(C=C(C)C(O)CCC(C)C)c2C)c1C)C(O)CCC(C)C. The Hall–Kier alpha value is -2.21. The molecule has 0 aliphatic heterocycles. The van der Waals surface area contributed by atoms with Gasteiger partial charge >= 0.3 is 0 Å². The van der Waals surface area contributed by atoms with Crippen LogP contribution < -0.4 is 0 Å². The number of sulfone groups is 1. The molecular weight excluding hydrogens is 480 g/mol. The van der Waals surface area contributed by atoms with Gasteiger partial charge in [0.05, 0.1) is 22.0 Å². The maximum absolute atomic E-state index is 13.8. The second-order valence-electron chi connectivity index (χ2n) is 11.2. The maximum atomic E-state index is 13.8. The standard InChI is InChI=1S/C32H46O4S/c1-21(2)15-17-29(33)23(5)19-27-11-9-13-31(25(27)7)37(35,36)32-14-10-12-28(26(32)8)20-24(6)30(34)18-16-22(3)4/h9-14,19-22,29-30,33-34H,15-18H2,1-8H3. The quantitative estimate of drug-likeness (QED) is 0.300. The topological polar surface area (TPSA) is 74.6 Å². The van der Waals surface area contributed by atoms with Gasteiger partial charge in [-0.1, -0.05) is 64.1 Å². The fourth-order valence-corrected chi connectivity index (χ4v) is 6.19. The lowest BCUT2D eigenvalue weighted by Gasteiger charge is -2.16. The van der Waals surface area contributed by atoms with Gasteiger partial charge in [-0.3, -0.25) is 0 Å². The molecule has 204 valence electrons. The van der Waals surface area contributed by atoms with Gasteiger partial charge in [0, 0.05) is 0 Å². The van der Waals surface area contributed by atoms with Crippen LogP contribution in [0.25, 0.3) is 12.2 Å². The second kappa shape index (κ2) is 13.5. The van der Waals surface area contributed by atoms with Crippen LogP contribution in [0.4, 0.5) is 0 Å². The first-order valence-electron chi connectivity index (χ1n) is 13.4. The molecule has 0 bridgehead atoms. The van der Waals surface area contributed by atoms with Gasteiger partial charge in [0.2, 0.25) is 9.84 Å². The molecule has 2 rings (SSSR count). The van der Waals surface area contributed by atoms with Gasteiger partial charge in [-0.15, -0.1) is 0 Å². The Balaban J connectivity index is 2.43. The molecule has 0 saturated carbocycles. The third kappa shape index (κ3) is 8.39. The first-order chi connectivity index (χ1) is 17.2. The molecule has 0 aliphatic rings. The average Bonchev–Trinajstić information content (AvgIpc) is 2.82. The average molecular weight is 527 g/mol. The molecule has 4 nitrogen and oxygen atoms in total. The molecule has 0 aliphatic carbocycles. The molecule has 2 atom stereocenters. The first-order valence-corrected chi connectivity index (χ1v) is 14.9. The Labute approximate surface area is 225 Å². The van der Waals surface area contributed by atoms with Crippen molar-refractivity contribution in [2.75, 3.05) is 0 Å². The van der Waals surface area contributed by atoms with Crippen LogP contribution in [0.2, 0.25) is 0 Å². The van der Waals surface area contributed by atoms with Crippen LogP contribution in [0.3, 0.4) is 0 Å². The highest BCUT2D eigenvalue weighted by Crippen LogP contribution is 2.31. The van der Waals surface area contributed by atoms with Crippen molar-refractivity contribution < 1.29 is 18.6 Å². The highest BCUT2D eigenvalue weighted by molar-refractivity contribution is 7.91. The van der Waals surface area contributed by atoms with Gasteiger partial charge in [-0.2, -0.15) is 0 Å². The number of hydrogen-bond acceptors (Lipinski definition) is 4. The van der Waals surface area contributed by atoms with E-state index in [4.69, 9.17) is 0 Å². The van der Waals surface area contributed by atoms with E-state index < -0.39 is 22.0 Å². The minimum atomic E-state index is -3.78. The van der Waals surface area contributed by atoms with Gasteiger partial charge in [0.15, 0.2) is 0 Å². The van der Waals surface area contributed by atoms with Gasteiger partial charge in [0.25, 0.3) is 0 Å². The predicted octanol–water partition coefficient (Wildman–Crippen LogP) is 7.54. The van der Waals surface area contributed by atoms with Crippen LogP contribution in [-0.4, -0.2) is 30.8 Å². The van der Waals surface area contributed by atoms with Gasteiger partial charge < -0.3 is 10.2 Å². The molecule has 2 aromatic carbocycles. The highest BCUT2D eigenvalue weighted by Gasteiger charge is 2.24. The zero-order valence-corrected chi connectivity index (χ0v) is 24.7. The molecule has 37 heavy (non-hydrogen) atoms. The molecule has 0 saturated heterocycles. The van der Waals surface area contributed by atoms with Crippen LogP contribution in [-0.2, 0) is 9.84 Å². The maximum Gasteiger partial charge on any atom is 0.207 e. The lowest BCUT2D eigenvalue weighted by atomic mass is 9.98. The smallest absolute Gasteiger partial charge is 0.207 e. The van der Waals surface area contributed by atoms with E-state index in [1.54, 1.807) is 24.3 Å².